The van der Waals surface area contributed by atoms with E-state index in [4.69, 9.17) is 4.74 Å². The number of aromatic amines is 1. The van der Waals surface area contributed by atoms with Crippen LogP contribution in [0.15, 0.2) is 29.1 Å². The number of ether oxygens (including phenoxy) is 1. The molecule has 2 heterocycles. The second-order valence-corrected chi connectivity index (χ2v) is 5.83. The molecule has 2 N–H and O–H groups in total. The predicted molar refractivity (Wildman–Crippen MR) is 82.9 cm³/mol. The number of hydrogen-bond donors (Lipinski definition) is 2. The summed E-state index contributed by atoms with van der Waals surface area (Å²) in [4.78, 5) is 13.8. The quantitative estimate of drug-likeness (QED) is 0.848. The Morgan fingerprint density at radius 1 is 1.39 bits per heavy atom. The summed E-state index contributed by atoms with van der Waals surface area (Å²) in [6.07, 6.45) is 0.0226. The molecule has 124 valence electrons. The number of rotatable bonds is 5. The summed E-state index contributed by atoms with van der Waals surface area (Å²) in [5.74, 6) is 0.207. The Kier molecular flexibility index (Phi) is 4.49. The van der Waals surface area contributed by atoms with Crippen LogP contribution >= 0.6 is 0 Å². The third kappa shape index (κ3) is 3.62. The molecule has 7 heteroatoms. The number of H-pyrrole nitrogens is 1. The van der Waals surface area contributed by atoms with Crippen molar-refractivity contribution in [2.75, 3.05) is 19.7 Å². The van der Waals surface area contributed by atoms with Crippen molar-refractivity contribution in [3.05, 3.63) is 51.7 Å². The minimum atomic E-state index is -0.655. The molecule has 6 nitrogen and oxygen atoms in total. The number of halogens is 1. The lowest BCUT2D eigenvalue weighted by atomic mass is 10.1. The molecule has 0 saturated heterocycles. The molecular formula is C16H20FN3O3. The Bertz CT molecular complexity index is 723. The van der Waals surface area contributed by atoms with E-state index in [1.165, 1.54) is 24.3 Å². The van der Waals surface area contributed by atoms with E-state index in [9.17, 15) is 14.3 Å². The fourth-order valence-corrected chi connectivity index (χ4v) is 2.87. The molecule has 0 amide bonds. The summed E-state index contributed by atoms with van der Waals surface area (Å²) in [6, 6.07) is 5.70. The van der Waals surface area contributed by atoms with Gasteiger partial charge in [-0.15, -0.1) is 0 Å². The Balaban J connectivity index is 1.52. The maximum Gasteiger partial charge on any atom is 0.267 e. The summed E-state index contributed by atoms with van der Waals surface area (Å²) < 4.78 is 20.0. The van der Waals surface area contributed by atoms with Gasteiger partial charge >= 0.3 is 0 Å². The molecule has 23 heavy (non-hydrogen) atoms. The Morgan fingerprint density at radius 3 is 2.87 bits per heavy atom. The molecular weight excluding hydrogens is 301 g/mol. The van der Waals surface area contributed by atoms with Gasteiger partial charge in [0.2, 0.25) is 0 Å². The number of fused-ring (bicyclic) bond motifs is 1. The second kappa shape index (κ2) is 6.55. The van der Waals surface area contributed by atoms with Gasteiger partial charge in [-0.3, -0.25) is 19.5 Å². The fourth-order valence-electron chi connectivity index (χ4n) is 2.87. The molecule has 1 atom stereocenters. The summed E-state index contributed by atoms with van der Waals surface area (Å²) >= 11 is 0. The van der Waals surface area contributed by atoms with E-state index in [-0.39, 0.29) is 18.0 Å². The largest absolute Gasteiger partial charge is 0.491 e. The van der Waals surface area contributed by atoms with Crippen LogP contribution in [0, 0.1) is 5.82 Å². The van der Waals surface area contributed by atoms with E-state index < -0.39 is 6.10 Å². The summed E-state index contributed by atoms with van der Waals surface area (Å²) in [6.45, 7) is 1.95. The molecule has 1 aliphatic rings. The van der Waals surface area contributed by atoms with Gasteiger partial charge in [-0.1, -0.05) is 0 Å². The number of nitrogens with one attached hydrogen (secondary N) is 1. The number of β-amino-alcohol motifs (C(OH)–C–C–N with tert-alkyl or cyclic N) is 1. The minimum absolute atomic E-state index is 0.0256. The topological polar surface area (TPSA) is 70.5 Å². The number of aliphatic hydroxyl groups is 1. The molecule has 0 spiro atoms. The van der Waals surface area contributed by atoms with Crippen LogP contribution in [0.3, 0.4) is 0 Å². The average Bonchev–Trinajstić information content (AvgIpc) is 2.81. The van der Waals surface area contributed by atoms with Gasteiger partial charge in [0.1, 0.15) is 24.3 Å². The van der Waals surface area contributed by atoms with Crippen molar-refractivity contribution >= 4 is 0 Å². The van der Waals surface area contributed by atoms with Crippen LogP contribution in [0.1, 0.15) is 11.3 Å². The van der Waals surface area contributed by atoms with Gasteiger partial charge in [0.25, 0.3) is 5.56 Å². The maximum absolute atomic E-state index is 12.8. The van der Waals surface area contributed by atoms with Crippen molar-refractivity contribution in [1.29, 1.82) is 0 Å². The lowest BCUT2D eigenvalue weighted by Gasteiger charge is -2.28. The highest BCUT2D eigenvalue weighted by molar-refractivity contribution is 5.22. The normalized spacial score (nSPS) is 16.1. The maximum atomic E-state index is 12.8. The number of benzene rings is 1. The first-order chi connectivity index (χ1) is 11.0. The predicted octanol–water partition coefficient (Wildman–Crippen LogP) is 0.651. The first-order valence-electron chi connectivity index (χ1n) is 7.58. The SMILES string of the molecule is Cn1[nH]c(=O)c2c1CN(CC(O)COc1ccc(F)cc1)CC2. The highest BCUT2D eigenvalue weighted by atomic mass is 19.1. The molecule has 2 aromatic rings. The zero-order valence-corrected chi connectivity index (χ0v) is 13.0. The van der Waals surface area contributed by atoms with Gasteiger partial charge in [0.05, 0.1) is 5.69 Å². The zero-order valence-electron chi connectivity index (χ0n) is 13.0. The Hall–Kier alpha value is -2.12. The van der Waals surface area contributed by atoms with Crippen LogP contribution in [0.4, 0.5) is 4.39 Å². The van der Waals surface area contributed by atoms with Crippen molar-refractivity contribution in [3.63, 3.8) is 0 Å². The third-order valence-corrected chi connectivity index (χ3v) is 4.07. The van der Waals surface area contributed by atoms with Crippen molar-refractivity contribution in [2.24, 2.45) is 7.05 Å². The zero-order chi connectivity index (χ0) is 16.4. The molecule has 0 fully saturated rings. The van der Waals surface area contributed by atoms with Crippen LogP contribution < -0.4 is 10.3 Å². The van der Waals surface area contributed by atoms with E-state index in [1.54, 1.807) is 4.68 Å². The highest BCUT2D eigenvalue weighted by Crippen LogP contribution is 2.16. The second-order valence-electron chi connectivity index (χ2n) is 5.83. The number of hydrogen-bond acceptors (Lipinski definition) is 4. The molecule has 1 aliphatic heterocycles. The van der Waals surface area contributed by atoms with Gasteiger partial charge in [0.15, 0.2) is 0 Å². The van der Waals surface area contributed by atoms with Gasteiger partial charge in [-0.05, 0) is 30.7 Å². The fraction of sp³-hybridized carbons (Fsp3) is 0.438. The standard InChI is InChI=1S/C16H20FN3O3/c1-19-15-9-20(7-6-14(15)16(22)18-19)8-12(21)10-23-13-4-2-11(17)3-5-13/h2-5,12,21H,6-10H2,1H3,(H,18,22). The van der Waals surface area contributed by atoms with Crippen LogP contribution in [0.5, 0.6) is 5.75 Å². The summed E-state index contributed by atoms with van der Waals surface area (Å²) in [5, 5.41) is 12.9. The van der Waals surface area contributed by atoms with Crippen molar-refractivity contribution in [1.82, 2.24) is 14.7 Å². The van der Waals surface area contributed by atoms with E-state index in [0.29, 0.717) is 25.3 Å². The number of aliphatic hydroxyl groups excluding tert-OH is 1. The van der Waals surface area contributed by atoms with Gasteiger partial charge in [-0.25, -0.2) is 4.39 Å². The van der Waals surface area contributed by atoms with Gasteiger partial charge < -0.3 is 9.84 Å². The summed E-state index contributed by atoms with van der Waals surface area (Å²) in [7, 11) is 1.82. The molecule has 1 unspecified atom stereocenters. The molecule has 0 aliphatic carbocycles. The molecule has 0 radical (unpaired) electrons. The smallest absolute Gasteiger partial charge is 0.267 e. The average molecular weight is 321 g/mol. The molecule has 0 saturated carbocycles. The molecule has 0 bridgehead atoms. The van der Waals surface area contributed by atoms with E-state index in [1.807, 2.05) is 7.05 Å². The number of aryl methyl sites for hydroxylation is 1. The van der Waals surface area contributed by atoms with Crippen LogP contribution in [-0.2, 0) is 20.0 Å². The van der Waals surface area contributed by atoms with Crippen LogP contribution in [0.2, 0.25) is 0 Å². The van der Waals surface area contributed by atoms with Crippen molar-refractivity contribution in [3.8, 4) is 5.75 Å². The van der Waals surface area contributed by atoms with E-state index in [0.717, 1.165) is 17.8 Å². The lowest BCUT2D eigenvalue weighted by Crippen LogP contribution is -2.39. The first kappa shape index (κ1) is 15.8. The first-order valence-corrected chi connectivity index (χ1v) is 7.58. The lowest BCUT2D eigenvalue weighted by molar-refractivity contribution is 0.0628. The van der Waals surface area contributed by atoms with Crippen LogP contribution in [-0.4, -0.2) is 45.6 Å². The minimum Gasteiger partial charge on any atom is -0.491 e. The van der Waals surface area contributed by atoms with Gasteiger partial charge in [0, 0.05) is 32.2 Å². The highest BCUT2D eigenvalue weighted by Gasteiger charge is 2.23. The number of nitrogens with zero attached hydrogens (tertiary/aromatic N) is 2. The molecule has 1 aromatic heterocycles. The van der Waals surface area contributed by atoms with Crippen molar-refractivity contribution < 1.29 is 14.2 Å². The Labute approximate surface area is 133 Å². The van der Waals surface area contributed by atoms with E-state index in [2.05, 4.69) is 10.00 Å². The van der Waals surface area contributed by atoms with E-state index >= 15 is 0 Å². The monoisotopic (exact) mass is 321 g/mol. The summed E-state index contributed by atoms with van der Waals surface area (Å²) in [5.41, 5.74) is 1.77. The molecule has 3 rings (SSSR count). The number of aromatic nitrogens is 2. The third-order valence-electron chi connectivity index (χ3n) is 4.07. The van der Waals surface area contributed by atoms with Crippen molar-refractivity contribution in [2.45, 2.75) is 19.1 Å². The molecule has 1 aromatic carbocycles. The van der Waals surface area contributed by atoms with Crippen LogP contribution in [0.25, 0.3) is 0 Å². The Morgan fingerprint density at radius 2 is 2.13 bits per heavy atom. The van der Waals surface area contributed by atoms with Gasteiger partial charge in [-0.2, -0.15) is 0 Å².